The second kappa shape index (κ2) is 7.81. The molecule has 0 fully saturated rings. The van der Waals surface area contributed by atoms with Crippen LogP contribution in [0.15, 0.2) is 54.1 Å². The third kappa shape index (κ3) is 3.98. The van der Waals surface area contributed by atoms with Gasteiger partial charge in [0, 0.05) is 0 Å². The van der Waals surface area contributed by atoms with Crippen LogP contribution in [0.3, 0.4) is 0 Å². The van der Waals surface area contributed by atoms with Crippen molar-refractivity contribution in [1.29, 1.82) is 5.26 Å². The summed E-state index contributed by atoms with van der Waals surface area (Å²) in [7, 11) is 1.49. The third-order valence-electron chi connectivity index (χ3n) is 3.20. The Hall–Kier alpha value is -3.06. The van der Waals surface area contributed by atoms with Crippen LogP contribution >= 0.6 is 0 Å². The summed E-state index contributed by atoms with van der Waals surface area (Å²) in [6, 6.07) is 16.1. The largest absolute Gasteiger partial charge is 0.496 e. The van der Waals surface area contributed by atoms with E-state index in [1.54, 1.807) is 36.4 Å². The number of benzene rings is 2. The number of carbonyl (C=O) groups excluding carboxylic acids is 1. The van der Waals surface area contributed by atoms with Gasteiger partial charge in [-0.15, -0.1) is 0 Å². The summed E-state index contributed by atoms with van der Waals surface area (Å²) in [5, 5.41) is 9.34. The Morgan fingerprint density at radius 2 is 2.00 bits per heavy atom. The van der Waals surface area contributed by atoms with E-state index >= 15 is 0 Å². The first kappa shape index (κ1) is 16.3. The third-order valence-corrected chi connectivity index (χ3v) is 3.20. The predicted molar refractivity (Wildman–Crippen MR) is 88.5 cm³/mol. The van der Waals surface area contributed by atoms with Crippen LogP contribution in [-0.2, 0) is 0 Å². The number of ether oxygens (including phenoxy) is 2. The molecule has 0 spiro atoms. The molecule has 0 N–H and O–H groups in total. The molecule has 0 aliphatic rings. The molecule has 2 aromatic carbocycles. The standard InChI is InChI=1S/C19H17NO3/c1-3-23-16-8-6-7-14(12-16)11-15(13-20)19(21)17-9-4-5-10-18(17)22-2/h4-12H,3H2,1-2H3/b15-11-. The molecule has 0 unspecified atom stereocenters. The summed E-state index contributed by atoms with van der Waals surface area (Å²) in [4.78, 5) is 12.6. The Morgan fingerprint density at radius 3 is 2.70 bits per heavy atom. The van der Waals surface area contributed by atoms with E-state index in [0.29, 0.717) is 23.7 Å². The average Bonchev–Trinajstić information content (AvgIpc) is 2.59. The van der Waals surface area contributed by atoms with E-state index in [0.717, 1.165) is 5.56 Å². The number of nitrogens with zero attached hydrogens (tertiary/aromatic N) is 1. The van der Waals surface area contributed by atoms with Crippen LogP contribution in [-0.4, -0.2) is 19.5 Å². The maximum Gasteiger partial charge on any atom is 0.207 e. The molecule has 0 saturated heterocycles. The fourth-order valence-electron chi connectivity index (χ4n) is 2.15. The van der Waals surface area contributed by atoms with Crippen LogP contribution in [0.5, 0.6) is 11.5 Å². The summed E-state index contributed by atoms with van der Waals surface area (Å²) in [6.45, 7) is 2.45. The number of rotatable bonds is 6. The Labute approximate surface area is 135 Å². The summed E-state index contributed by atoms with van der Waals surface area (Å²) in [5.74, 6) is 0.775. The minimum atomic E-state index is -0.369. The van der Waals surface area contributed by atoms with E-state index in [9.17, 15) is 10.1 Å². The quantitative estimate of drug-likeness (QED) is 0.461. The molecule has 0 amide bonds. The van der Waals surface area contributed by atoms with Crippen LogP contribution < -0.4 is 9.47 Å². The molecule has 0 aromatic heterocycles. The van der Waals surface area contributed by atoms with Gasteiger partial charge in [-0.3, -0.25) is 4.79 Å². The molecule has 0 bridgehead atoms. The molecule has 0 heterocycles. The first-order valence-electron chi connectivity index (χ1n) is 7.22. The van der Waals surface area contributed by atoms with Gasteiger partial charge in [-0.1, -0.05) is 24.3 Å². The second-order valence-corrected chi connectivity index (χ2v) is 4.70. The zero-order chi connectivity index (χ0) is 16.7. The van der Waals surface area contributed by atoms with E-state index < -0.39 is 0 Å². The molecule has 2 rings (SSSR count). The van der Waals surface area contributed by atoms with Crippen molar-refractivity contribution in [2.45, 2.75) is 6.92 Å². The molecular weight excluding hydrogens is 290 g/mol. The van der Waals surface area contributed by atoms with Crippen molar-refractivity contribution in [3.8, 4) is 17.6 Å². The highest BCUT2D eigenvalue weighted by molar-refractivity contribution is 6.15. The molecular formula is C19H17NO3. The Morgan fingerprint density at radius 1 is 1.22 bits per heavy atom. The first-order valence-corrected chi connectivity index (χ1v) is 7.22. The molecule has 0 radical (unpaired) electrons. The van der Waals surface area contributed by atoms with E-state index in [1.807, 2.05) is 31.2 Å². The monoisotopic (exact) mass is 307 g/mol. The summed E-state index contributed by atoms with van der Waals surface area (Å²) < 4.78 is 10.6. The number of hydrogen-bond donors (Lipinski definition) is 0. The van der Waals surface area contributed by atoms with Gasteiger partial charge in [-0.2, -0.15) is 5.26 Å². The number of methoxy groups -OCH3 is 1. The average molecular weight is 307 g/mol. The van der Waals surface area contributed by atoms with Crippen molar-refractivity contribution in [3.05, 3.63) is 65.2 Å². The van der Waals surface area contributed by atoms with Gasteiger partial charge < -0.3 is 9.47 Å². The van der Waals surface area contributed by atoms with Gasteiger partial charge in [0.1, 0.15) is 23.1 Å². The molecule has 0 aliphatic carbocycles. The zero-order valence-corrected chi connectivity index (χ0v) is 13.1. The lowest BCUT2D eigenvalue weighted by molar-refractivity contribution is 0.103. The maximum atomic E-state index is 12.6. The van der Waals surface area contributed by atoms with Crippen LogP contribution in [0.2, 0.25) is 0 Å². The number of allylic oxidation sites excluding steroid dienone is 1. The Kier molecular flexibility index (Phi) is 5.54. The number of Topliss-reactive ketones (excluding diaryl/α,β-unsaturated/α-hetero) is 1. The van der Waals surface area contributed by atoms with Gasteiger partial charge in [0.25, 0.3) is 0 Å². The van der Waals surface area contributed by atoms with E-state index in [2.05, 4.69) is 0 Å². The van der Waals surface area contributed by atoms with Crippen molar-refractivity contribution in [2.75, 3.05) is 13.7 Å². The number of para-hydroxylation sites is 1. The van der Waals surface area contributed by atoms with Crippen LogP contribution in [0.4, 0.5) is 0 Å². The van der Waals surface area contributed by atoms with E-state index in [1.165, 1.54) is 7.11 Å². The van der Waals surface area contributed by atoms with Crippen molar-refractivity contribution in [3.63, 3.8) is 0 Å². The fraction of sp³-hybridized carbons (Fsp3) is 0.158. The maximum absolute atomic E-state index is 12.6. The Bertz CT molecular complexity index is 772. The van der Waals surface area contributed by atoms with Crippen LogP contribution in [0.25, 0.3) is 6.08 Å². The summed E-state index contributed by atoms with van der Waals surface area (Å²) in [6.07, 6.45) is 1.55. The molecule has 4 heteroatoms. The second-order valence-electron chi connectivity index (χ2n) is 4.70. The Balaban J connectivity index is 2.37. The van der Waals surface area contributed by atoms with Crippen LogP contribution in [0, 0.1) is 11.3 Å². The first-order chi connectivity index (χ1) is 11.2. The van der Waals surface area contributed by atoms with E-state index in [-0.39, 0.29) is 11.4 Å². The van der Waals surface area contributed by atoms with Crippen LogP contribution in [0.1, 0.15) is 22.8 Å². The number of nitriles is 1. The van der Waals surface area contributed by atoms with Crippen molar-refractivity contribution in [1.82, 2.24) is 0 Å². The van der Waals surface area contributed by atoms with Gasteiger partial charge in [-0.05, 0) is 42.8 Å². The lowest BCUT2D eigenvalue weighted by Gasteiger charge is -2.07. The van der Waals surface area contributed by atoms with Gasteiger partial charge in [-0.25, -0.2) is 0 Å². The number of ketones is 1. The molecule has 2 aromatic rings. The predicted octanol–water partition coefficient (Wildman–Crippen LogP) is 3.88. The SMILES string of the molecule is CCOc1cccc(/C=C(/C#N)C(=O)c2ccccc2OC)c1. The lowest BCUT2D eigenvalue weighted by atomic mass is 10.0. The molecule has 0 atom stereocenters. The highest BCUT2D eigenvalue weighted by Crippen LogP contribution is 2.22. The molecule has 23 heavy (non-hydrogen) atoms. The molecule has 4 nitrogen and oxygen atoms in total. The zero-order valence-electron chi connectivity index (χ0n) is 13.1. The van der Waals surface area contributed by atoms with Crippen molar-refractivity contribution < 1.29 is 14.3 Å². The topological polar surface area (TPSA) is 59.3 Å². The molecule has 0 aliphatic heterocycles. The summed E-state index contributed by atoms with van der Waals surface area (Å²) in [5.41, 5.74) is 1.14. The van der Waals surface area contributed by atoms with Crippen molar-refractivity contribution >= 4 is 11.9 Å². The smallest absolute Gasteiger partial charge is 0.207 e. The highest BCUT2D eigenvalue weighted by Gasteiger charge is 2.16. The van der Waals surface area contributed by atoms with Gasteiger partial charge in [0.2, 0.25) is 5.78 Å². The number of hydrogen-bond acceptors (Lipinski definition) is 4. The normalized spacial score (nSPS) is 10.7. The lowest BCUT2D eigenvalue weighted by Crippen LogP contribution is -2.04. The van der Waals surface area contributed by atoms with Gasteiger partial charge in [0.05, 0.1) is 19.3 Å². The van der Waals surface area contributed by atoms with Gasteiger partial charge in [0.15, 0.2) is 0 Å². The molecule has 0 saturated carbocycles. The fourth-order valence-corrected chi connectivity index (χ4v) is 2.15. The molecule has 116 valence electrons. The van der Waals surface area contributed by atoms with Gasteiger partial charge >= 0.3 is 0 Å². The van der Waals surface area contributed by atoms with E-state index in [4.69, 9.17) is 9.47 Å². The minimum absolute atomic E-state index is 0.0446. The summed E-state index contributed by atoms with van der Waals surface area (Å²) >= 11 is 0. The number of carbonyl (C=O) groups is 1. The highest BCUT2D eigenvalue weighted by atomic mass is 16.5. The van der Waals surface area contributed by atoms with Crippen molar-refractivity contribution in [2.24, 2.45) is 0 Å². The minimum Gasteiger partial charge on any atom is -0.496 e.